The molecule has 0 aromatic heterocycles. The molecule has 0 heterocycles. The highest BCUT2D eigenvalue weighted by atomic mass is 19.4. The Morgan fingerprint density at radius 2 is 1.62 bits per heavy atom. The van der Waals surface area contributed by atoms with Crippen molar-refractivity contribution in [1.82, 2.24) is 5.32 Å². The quantitative estimate of drug-likeness (QED) is 0.736. The molecule has 1 N–H and O–H groups in total. The summed E-state index contributed by atoms with van der Waals surface area (Å²) >= 11 is 0. The average molecular weight is 301 g/mol. The molecule has 1 aromatic carbocycles. The van der Waals surface area contributed by atoms with Gasteiger partial charge < -0.3 is 5.32 Å². The highest BCUT2D eigenvalue weighted by Gasteiger charge is 2.30. The van der Waals surface area contributed by atoms with Crippen LogP contribution in [0.25, 0.3) is 0 Å². The summed E-state index contributed by atoms with van der Waals surface area (Å²) in [5.74, 6) is 0.390. The van der Waals surface area contributed by atoms with Gasteiger partial charge in [-0.1, -0.05) is 39.8 Å². The lowest BCUT2D eigenvalue weighted by Gasteiger charge is -2.31. The molecule has 21 heavy (non-hydrogen) atoms. The number of alkyl halides is 3. The van der Waals surface area contributed by atoms with Gasteiger partial charge in [0.1, 0.15) is 0 Å². The molecule has 0 aliphatic rings. The fraction of sp³-hybridized carbons (Fsp3) is 0.647. The molecule has 4 heteroatoms. The van der Waals surface area contributed by atoms with Crippen LogP contribution in [0.4, 0.5) is 13.2 Å². The third kappa shape index (κ3) is 6.08. The van der Waals surface area contributed by atoms with E-state index in [0.717, 1.165) is 31.5 Å². The van der Waals surface area contributed by atoms with Gasteiger partial charge in [-0.2, -0.15) is 13.2 Å². The monoisotopic (exact) mass is 301 g/mol. The Morgan fingerprint density at radius 1 is 1.05 bits per heavy atom. The van der Waals surface area contributed by atoms with Crippen LogP contribution in [0.2, 0.25) is 0 Å². The SMILES string of the molecule is CCCNCC(Cc1ccc(C(F)(F)F)cc1)C(C)(C)C. The molecule has 1 atom stereocenters. The molecule has 0 bridgehead atoms. The van der Waals surface area contributed by atoms with Crippen molar-refractivity contribution in [2.24, 2.45) is 11.3 Å². The van der Waals surface area contributed by atoms with Gasteiger partial charge in [0.2, 0.25) is 0 Å². The molecule has 1 nitrogen and oxygen atoms in total. The molecule has 0 spiro atoms. The maximum atomic E-state index is 12.6. The molecule has 0 aliphatic heterocycles. The smallest absolute Gasteiger partial charge is 0.316 e. The van der Waals surface area contributed by atoms with Crippen molar-refractivity contribution >= 4 is 0 Å². The van der Waals surface area contributed by atoms with Crippen LogP contribution in [0.5, 0.6) is 0 Å². The van der Waals surface area contributed by atoms with Crippen LogP contribution in [0.3, 0.4) is 0 Å². The minimum Gasteiger partial charge on any atom is -0.316 e. The summed E-state index contributed by atoms with van der Waals surface area (Å²) in [6, 6.07) is 5.55. The van der Waals surface area contributed by atoms with Gasteiger partial charge in [-0.3, -0.25) is 0 Å². The number of hydrogen-bond acceptors (Lipinski definition) is 1. The summed E-state index contributed by atoms with van der Waals surface area (Å²) in [6.45, 7) is 10.5. The largest absolute Gasteiger partial charge is 0.416 e. The predicted molar refractivity (Wildman–Crippen MR) is 81.3 cm³/mol. The maximum absolute atomic E-state index is 12.6. The number of halogens is 3. The van der Waals surface area contributed by atoms with Gasteiger partial charge in [0, 0.05) is 0 Å². The van der Waals surface area contributed by atoms with Gasteiger partial charge in [-0.25, -0.2) is 0 Å². The summed E-state index contributed by atoms with van der Waals surface area (Å²) in [4.78, 5) is 0. The second-order valence-electron chi connectivity index (χ2n) is 6.67. The minimum absolute atomic E-state index is 0.115. The van der Waals surface area contributed by atoms with Crippen LogP contribution in [0.1, 0.15) is 45.2 Å². The summed E-state index contributed by atoms with van der Waals surface area (Å²) in [5.41, 5.74) is 0.493. The van der Waals surface area contributed by atoms with E-state index in [1.165, 1.54) is 12.1 Å². The van der Waals surface area contributed by atoms with Crippen molar-refractivity contribution < 1.29 is 13.2 Å². The first-order chi connectivity index (χ1) is 9.64. The zero-order valence-corrected chi connectivity index (χ0v) is 13.3. The minimum atomic E-state index is -4.26. The van der Waals surface area contributed by atoms with E-state index < -0.39 is 11.7 Å². The topological polar surface area (TPSA) is 12.0 Å². The van der Waals surface area contributed by atoms with Gasteiger partial charge in [0.05, 0.1) is 5.56 Å². The standard InChI is InChI=1S/C17H26F3N/c1-5-10-21-12-15(16(2,3)4)11-13-6-8-14(9-7-13)17(18,19)20/h6-9,15,21H,5,10-12H2,1-4H3. The fourth-order valence-corrected chi connectivity index (χ4v) is 2.25. The lowest BCUT2D eigenvalue weighted by molar-refractivity contribution is -0.137. The second kappa shape index (κ2) is 7.30. The first kappa shape index (κ1) is 18.0. The molecule has 1 rings (SSSR count). The van der Waals surface area contributed by atoms with Gasteiger partial charge in [-0.05, 0) is 55.0 Å². The molecule has 120 valence electrons. The summed E-state index contributed by atoms with van der Waals surface area (Å²) in [7, 11) is 0. The van der Waals surface area contributed by atoms with E-state index in [1.54, 1.807) is 12.1 Å². The molecule has 0 amide bonds. The molecule has 0 saturated carbocycles. The van der Waals surface area contributed by atoms with Gasteiger partial charge >= 0.3 is 6.18 Å². The van der Waals surface area contributed by atoms with Crippen molar-refractivity contribution in [3.05, 3.63) is 35.4 Å². The number of benzene rings is 1. The van der Waals surface area contributed by atoms with Crippen molar-refractivity contribution in [2.75, 3.05) is 13.1 Å². The van der Waals surface area contributed by atoms with E-state index in [4.69, 9.17) is 0 Å². The molecule has 1 unspecified atom stereocenters. The second-order valence-corrected chi connectivity index (χ2v) is 6.67. The zero-order valence-electron chi connectivity index (χ0n) is 13.3. The van der Waals surface area contributed by atoms with Crippen LogP contribution in [-0.4, -0.2) is 13.1 Å². The average Bonchev–Trinajstić information content (AvgIpc) is 2.36. The molecule has 0 saturated heterocycles. The number of rotatable bonds is 6. The molecule has 1 aromatic rings. The van der Waals surface area contributed by atoms with E-state index in [-0.39, 0.29) is 5.41 Å². The van der Waals surface area contributed by atoms with Gasteiger partial charge in [0.15, 0.2) is 0 Å². The number of nitrogens with one attached hydrogen (secondary N) is 1. The third-order valence-corrected chi connectivity index (χ3v) is 3.81. The molecular formula is C17H26F3N. The van der Waals surface area contributed by atoms with Crippen molar-refractivity contribution in [3.8, 4) is 0 Å². The molecule has 0 aliphatic carbocycles. The van der Waals surface area contributed by atoms with E-state index in [1.807, 2.05) is 0 Å². The van der Waals surface area contributed by atoms with E-state index in [0.29, 0.717) is 5.92 Å². The number of hydrogen-bond donors (Lipinski definition) is 1. The van der Waals surface area contributed by atoms with Crippen molar-refractivity contribution in [3.63, 3.8) is 0 Å². The Labute approximate surface area is 125 Å². The first-order valence-electron chi connectivity index (χ1n) is 7.51. The third-order valence-electron chi connectivity index (χ3n) is 3.81. The lowest BCUT2D eigenvalue weighted by atomic mass is 9.77. The first-order valence-corrected chi connectivity index (χ1v) is 7.51. The van der Waals surface area contributed by atoms with Gasteiger partial charge in [-0.15, -0.1) is 0 Å². The van der Waals surface area contributed by atoms with Crippen LogP contribution < -0.4 is 5.32 Å². The predicted octanol–water partition coefficient (Wildman–Crippen LogP) is 4.91. The Bertz CT molecular complexity index is 415. The highest BCUT2D eigenvalue weighted by molar-refractivity contribution is 5.25. The Balaban J connectivity index is 2.74. The van der Waals surface area contributed by atoms with E-state index >= 15 is 0 Å². The van der Waals surface area contributed by atoms with E-state index in [2.05, 4.69) is 33.0 Å². The lowest BCUT2D eigenvalue weighted by Crippen LogP contribution is -2.33. The summed E-state index contributed by atoms with van der Waals surface area (Å²) in [5, 5.41) is 3.42. The highest BCUT2D eigenvalue weighted by Crippen LogP contribution is 2.31. The summed E-state index contributed by atoms with van der Waals surface area (Å²) < 4.78 is 37.7. The van der Waals surface area contributed by atoms with Crippen LogP contribution in [0, 0.1) is 11.3 Å². The molecule has 0 radical (unpaired) electrons. The van der Waals surface area contributed by atoms with Crippen LogP contribution in [-0.2, 0) is 12.6 Å². The normalized spacial score (nSPS) is 14.2. The summed E-state index contributed by atoms with van der Waals surface area (Å²) in [6.07, 6.45) is -2.39. The molecule has 0 fully saturated rings. The Morgan fingerprint density at radius 3 is 2.05 bits per heavy atom. The molecular weight excluding hydrogens is 275 g/mol. The Kier molecular flexibility index (Phi) is 6.26. The maximum Gasteiger partial charge on any atom is 0.416 e. The van der Waals surface area contributed by atoms with Gasteiger partial charge in [0.25, 0.3) is 0 Å². The zero-order chi connectivity index (χ0) is 16.1. The van der Waals surface area contributed by atoms with Crippen molar-refractivity contribution in [2.45, 2.75) is 46.7 Å². The van der Waals surface area contributed by atoms with E-state index in [9.17, 15) is 13.2 Å². The van der Waals surface area contributed by atoms with Crippen LogP contribution >= 0.6 is 0 Å². The van der Waals surface area contributed by atoms with Crippen molar-refractivity contribution in [1.29, 1.82) is 0 Å². The van der Waals surface area contributed by atoms with Crippen LogP contribution in [0.15, 0.2) is 24.3 Å². The Hall–Kier alpha value is -1.03. The fourth-order valence-electron chi connectivity index (χ4n) is 2.25.